The van der Waals surface area contributed by atoms with E-state index >= 15 is 0 Å². The van der Waals surface area contributed by atoms with Gasteiger partial charge in [-0.3, -0.25) is 14.6 Å². The summed E-state index contributed by atoms with van der Waals surface area (Å²) in [6.07, 6.45) is 12.5. The van der Waals surface area contributed by atoms with Crippen molar-refractivity contribution < 1.29 is 19.1 Å². The van der Waals surface area contributed by atoms with Crippen LogP contribution in [-0.4, -0.2) is 37.5 Å². The minimum atomic E-state index is -0.871. The number of phenolic OH excluding ortho intramolecular Hbond substituents is 1. The van der Waals surface area contributed by atoms with Crippen LogP contribution in [0.1, 0.15) is 54.1 Å². The number of aromatic nitrogens is 3. The van der Waals surface area contributed by atoms with Crippen LogP contribution in [0.5, 0.6) is 5.75 Å². The Morgan fingerprint density at radius 2 is 1.88 bits per heavy atom. The molecule has 0 unspecified atom stereocenters. The van der Waals surface area contributed by atoms with E-state index in [0.717, 1.165) is 35.3 Å². The lowest BCUT2D eigenvalue weighted by atomic mass is 9.95. The fourth-order valence-corrected chi connectivity index (χ4v) is 5.53. The molecule has 0 bridgehead atoms. The molecule has 208 valence electrons. The number of phenols is 1. The van der Waals surface area contributed by atoms with E-state index in [1.54, 1.807) is 73.5 Å². The van der Waals surface area contributed by atoms with E-state index in [1.807, 2.05) is 12.1 Å². The summed E-state index contributed by atoms with van der Waals surface area (Å²) in [6.45, 7) is 0. The minimum absolute atomic E-state index is 0.130. The fraction of sp³-hybridized carbons (Fsp3) is 0.250. The minimum Gasteiger partial charge on any atom is -0.508 e. The van der Waals surface area contributed by atoms with E-state index < -0.39 is 6.04 Å². The Morgan fingerprint density at radius 3 is 2.61 bits per heavy atom. The summed E-state index contributed by atoms with van der Waals surface area (Å²) in [6, 6.07) is 16.9. The highest BCUT2D eigenvalue weighted by Gasteiger charge is 2.25. The van der Waals surface area contributed by atoms with Gasteiger partial charge in [0.15, 0.2) is 0 Å². The van der Waals surface area contributed by atoms with Gasteiger partial charge in [-0.1, -0.05) is 31.4 Å². The molecule has 2 amide bonds. The highest BCUT2D eigenvalue weighted by molar-refractivity contribution is 6.02. The monoisotopic (exact) mass is 549 g/mol. The number of benzene rings is 2. The van der Waals surface area contributed by atoms with Crippen molar-refractivity contribution in [1.29, 1.82) is 0 Å². The second-order valence-corrected chi connectivity index (χ2v) is 10.4. The zero-order valence-corrected chi connectivity index (χ0v) is 22.5. The smallest absolute Gasteiger partial charge is 0.252 e. The van der Waals surface area contributed by atoms with Crippen molar-refractivity contribution in [3.8, 4) is 17.1 Å². The van der Waals surface area contributed by atoms with Crippen molar-refractivity contribution in [2.24, 2.45) is 0 Å². The molecule has 1 aliphatic carbocycles. The molecule has 1 fully saturated rings. The van der Waals surface area contributed by atoms with Crippen LogP contribution in [0.4, 0.5) is 5.69 Å². The molecule has 6 rings (SSSR count). The van der Waals surface area contributed by atoms with Crippen LogP contribution in [0.3, 0.4) is 0 Å². The van der Waals surface area contributed by atoms with Gasteiger partial charge in [0, 0.05) is 24.2 Å². The van der Waals surface area contributed by atoms with Gasteiger partial charge in [-0.15, -0.1) is 0 Å². The van der Waals surface area contributed by atoms with Gasteiger partial charge in [0.05, 0.1) is 34.7 Å². The summed E-state index contributed by atoms with van der Waals surface area (Å²) in [5.41, 5.74) is 4.33. The van der Waals surface area contributed by atoms with Crippen molar-refractivity contribution >= 4 is 28.5 Å². The van der Waals surface area contributed by atoms with E-state index in [-0.39, 0.29) is 24.0 Å². The Morgan fingerprint density at radius 1 is 1.05 bits per heavy atom. The first-order chi connectivity index (χ1) is 20.0. The predicted molar refractivity (Wildman–Crippen MR) is 155 cm³/mol. The van der Waals surface area contributed by atoms with Gasteiger partial charge in [0.25, 0.3) is 5.91 Å². The van der Waals surface area contributed by atoms with E-state index in [9.17, 15) is 14.7 Å². The Bertz CT molecular complexity index is 1640. The molecule has 3 N–H and O–H groups in total. The normalized spacial score (nSPS) is 14.5. The number of carbonyl (C=O) groups is 2. The second-order valence-electron chi connectivity index (χ2n) is 10.4. The lowest BCUT2D eigenvalue weighted by Gasteiger charge is -2.25. The van der Waals surface area contributed by atoms with Crippen molar-refractivity contribution in [2.75, 3.05) is 5.32 Å². The predicted octanol–water partition coefficient (Wildman–Crippen LogP) is 5.88. The first kappa shape index (κ1) is 26.3. The molecule has 5 aromatic rings. The van der Waals surface area contributed by atoms with E-state index in [0.29, 0.717) is 22.8 Å². The molecule has 0 aliphatic heterocycles. The Hall–Kier alpha value is -4.92. The van der Waals surface area contributed by atoms with Crippen molar-refractivity contribution in [3.05, 3.63) is 96.7 Å². The molecule has 3 aromatic heterocycles. The molecule has 41 heavy (non-hydrogen) atoms. The van der Waals surface area contributed by atoms with Gasteiger partial charge in [-0.25, -0.2) is 4.98 Å². The molecule has 9 heteroatoms. The molecule has 1 atom stereocenters. The van der Waals surface area contributed by atoms with Crippen LogP contribution in [0, 0.1) is 0 Å². The van der Waals surface area contributed by atoms with E-state index in [1.165, 1.54) is 19.3 Å². The van der Waals surface area contributed by atoms with Gasteiger partial charge in [-0.2, -0.15) is 0 Å². The lowest BCUT2D eigenvalue weighted by molar-refractivity contribution is -0.118. The van der Waals surface area contributed by atoms with Crippen molar-refractivity contribution in [3.63, 3.8) is 0 Å². The average Bonchev–Trinajstić information content (AvgIpc) is 3.67. The quantitative estimate of drug-likeness (QED) is 0.222. The molecule has 2 aromatic carbocycles. The number of aromatic hydroxyl groups is 1. The first-order valence-electron chi connectivity index (χ1n) is 13.9. The lowest BCUT2D eigenvalue weighted by Crippen LogP contribution is -2.45. The van der Waals surface area contributed by atoms with Crippen LogP contribution in [-0.2, 0) is 11.2 Å². The maximum Gasteiger partial charge on any atom is 0.252 e. The Kier molecular flexibility index (Phi) is 7.49. The zero-order chi connectivity index (χ0) is 28.2. The number of fused-ring (bicyclic) bond motifs is 1. The van der Waals surface area contributed by atoms with Crippen LogP contribution in [0.25, 0.3) is 22.4 Å². The van der Waals surface area contributed by atoms with Crippen molar-refractivity contribution in [2.45, 2.75) is 50.6 Å². The number of nitrogens with zero attached hydrogens (tertiary/aromatic N) is 3. The number of anilines is 1. The molecule has 0 spiro atoms. The maximum atomic E-state index is 13.5. The van der Waals surface area contributed by atoms with Gasteiger partial charge >= 0.3 is 0 Å². The summed E-state index contributed by atoms with van der Waals surface area (Å²) < 4.78 is 7.65. The van der Waals surface area contributed by atoms with Gasteiger partial charge in [-0.05, 0) is 66.9 Å². The summed E-state index contributed by atoms with van der Waals surface area (Å²) in [4.78, 5) is 35.8. The van der Waals surface area contributed by atoms with E-state index in [4.69, 9.17) is 9.40 Å². The molecule has 0 saturated heterocycles. The standard InChI is InChI=1S/C32H31N5O4/c38-26-11-8-21(9-12-26)17-28(32(40)34-24-5-4-15-33-19-24)36-31(39)22-10-13-29-27(18-22)35-30(23-14-16-41-20-23)37(29)25-6-2-1-3-7-25/h4-5,8-16,18-20,25,28,38H,1-3,6-7,17H2,(H,34,40)(H,36,39)/t28-/m0/s1. The first-order valence-corrected chi connectivity index (χ1v) is 13.9. The second kappa shape index (κ2) is 11.7. The number of carbonyl (C=O) groups excluding carboxylic acids is 2. The number of rotatable bonds is 8. The zero-order valence-electron chi connectivity index (χ0n) is 22.5. The Labute approximate surface area is 237 Å². The Balaban J connectivity index is 1.29. The third-order valence-corrected chi connectivity index (χ3v) is 7.60. The number of pyridine rings is 1. The molecule has 0 radical (unpaired) electrons. The number of imidazole rings is 1. The third kappa shape index (κ3) is 5.84. The van der Waals surface area contributed by atoms with Gasteiger partial charge in [0.2, 0.25) is 5.91 Å². The highest BCUT2D eigenvalue weighted by Crippen LogP contribution is 2.36. The third-order valence-electron chi connectivity index (χ3n) is 7.60. The number of hydrogen-bond donors (Lipinski definition) is 3. The molecule has 1 saturated carbocycles. The fourth-order valence-electron chi connectivity index (χ4n) is 5.53. The molecular formula is C32H31N5O4. The molecular weight excluding hydrogens is 518 g/mol. The van der Waals surface area contributed by atoms with Crippen LogP contribution in [0.15, 0.2) is 90.0 Å². The summed E-state index contributed by atoms with van der Waals surface area (Å²) >= 11 is 0. The van der Waals surface area contributed by atoms with E-state index in [2.05, 4.69) is 20.2 Å². The molecule has 9 nitrogen and oxygen atoms in total. The van der Waals surface area contributed by atoms with Crippen molar-refractivity contribution in [1.82, 2.24) is 19.9 Å². The molecule has 3 heterocycles. The number of furan rings is 1. The number of amides is 2. The van der Waals surface area contributed by atoms with Gasteiger partial charge < -0.3 is 24.7 Å². The topological polar surface area (TPSA) is 122 Å². The SMILES string of the molecule is O=C(N[C@@H](Cc1ccc(O)cc1)C(=O)Nc1cccnc1)c1ccc2c(c1)nc(-c1ccoc1)n2C1CCCCC1. The molecule has 1 aliphatic rings. The summed E-state index contributed by atoms with van der Waals surface area (Å²) in [5.74, 6) is 0.211. The summed E-state index contributed by atoms with van der Waals surface area (Å²) in [5, 5.41) is 15.4. The average molecular weight is 550 g/mol. The number of hydrogen-bond acceptors (Lipinski definition) is 6. The summed E-state index contributed by atoms with van der Waals surface area (Å²) in [7, 11) is 0. The van der Waals surface area contributed by atoms with Gasteiger partial charge in [0.1, 0.15) is 23.9 Å². The number of nitrogens with one attached hydrogen (secondary N) is 2. The van der Waals surface area contributed by atoms with Crippen LogP contribution in [0.2, 0.25) is 0 Å². The largest absolute Gasteiger partial charge is 0.508 e. The van der Waals surface area contributed by atoms with Crippen LogP contribution >= 0.6 is 0 Å². The highest BCUT2D eigenvalue weighted by atomic mass is 16.3. The maximum absolute atomic E-state index is 13.5. The van der Waals surface area contributed by atoms with Crippen LogP contribution < -0.4 is 10.6 Å².